The molecule has 0 aliphatic heterocycles. The quantitative estimate of drug-likeness (QED) is 0.470. The topological polar surface area (TPSA) is 90.3 Å². The van der Waals surface area contributed by atoms with Crippen molar-refractivity contribution < 1.29 is 10.2 Å². The van der Waals surface area contributed by atoms with E-state index in [9.17, 15) is 0 Å². The Hall–Kier alpha value is -0.630. The van der Waals surface area contributed by atoms with E-state index in [1.54, 1.807) is 0 Å². The van der Waals surface area contributed by atoms with Crippen LogP contribution in [0.1, 0.15) is 12.8 Å². The molecule has 0 aromatic heterocycles. The molecule has 0 saturated carbocycles. The van der Waals surface area contributed by atoms with Gasteiger partial charge in [-0.15, -0.1) is 0 Å². The third-order valence-electron chi connectivity index (χ3n) is 1.34. The predicted octanol–water partition coefficient (Wildman–Crippen LogP) is -1.03. The Bertz CT molecular complexity index is 124. The van der Waals surface area contributed by atoms with Crippen LogP contribution in [0.2, 0.25) is 0 Å². The van der Waals surface area contributed by atoms with Crippen molar-refractivity contribution in [1.29, 1.82) is 5.26 Å². The summed E-state index contributed by atoms with van der Waals surface area (Å²) in [7, 11) is 0. The van der Waals surface area contributed by atoms with Gasteiger partial charge in [0.05, 0.1) is 6.07 Å². The highest BCUT2D eigenvalue weighted by Crippen LogP contribution is 2.08. The van der Waals surface area contributed by atoms with E-state index < -0.39 is 5.54 Å². The highest BCUT2D eigenvalue weighted by molar-refractivity contribution is 5.03. The maximum absolute atomic E-state index is 8.45. The molecule has 0 heterocycles. The molecule has 0 bridgehead atoms. The Labute approximate surface area is 59.9 Å². The number of nitriles is 1. The highest BCUT2D eigenvalue weighted by Gasteiger charge is 2.22. The molecular formula is C6H12N2O2. The summed E-state index contributed by atoms with van der Waals surface area (Å²) in [6.45, 7) is -0.242. The summed E-state index contributed by atoms with van der Waals surface area (Å²) in [5.74, 6) is 0. The van der Waals surface area contributed by atoms with Gasteiger partial charge in [-0.3, -0.25) is 0 Å². The molecule has 0 saturated heterocycles. The average molecular weight is 144 g/mol. The molecular weight excluding hydrogens is 132 g/mol. The van der Waals surface area contributed by atoms with Gasteiger partial charge < -0.3 is 15.9 Å². The summed E-state index contributed by atoms with van der Waals surface area (Å²) in [5.41, 5.74) is 4.39. The summed E-state index contributed by atoms with van der Waals surface area (Å²) in [4.78, 5) is 0. The van der Waals surface area contributed by atoms with E-state index in [2.05, 4.69) is 0 Å². The van der Waals surface area contributed by atoms with E-state index in [1.807, 2.05) is 6.07 Å². The van der Waals surface area contributed by atoms with Crippen molar-refractivity contribution >= 4 is 0 Å². The van der Waals surface area contributed by atoms with Crippen LogP contribution in [0.3, 0.4) is 0 Å². The molecule has 4 N–H and O–H groups in total. The third-order valence-corrected chi connectivity index (χ3v) is 1.34. The first kappa shape index (κ1) is 9.37. The molecule has 58 valence electrons. The minimum Gasteiger partial charge on any atom is -0.396 e. The van der Waals surface area contributed by atoms with Gasteiger partial charge in [0.2, 0.25) is 0 Å². The fourth-order valence-electron chi connectivity index (χ4n) is 0.636. The molecule has 4 heteroatoms. The maximum atomic E-state index is 8.45. The maximum Gasteiger partial charge on any atom is 0.108 e. The van der Waals surface area contributed by atoms with Crippen LogP contribution in [0.5, 0.6) is 0 Å². The number of nitrogens with two attached hydrogens (primary N) is 1. The van der Waals surface area contributed by atoms with Crippen LogP contribution in [-0.4, -0.2) is 29.0 Å². The molecule has 0 aliphatic rings. The van der Waals surface area contributed by atoms with Crippen molar-refractivity contribution in [2.24, 2.45) is 5.73 Å². The van der Waals surface area contributed by atoms with Gasteiger partial charge in [-0.05, 0) is 0 Å². The smallest absolute Gasteiger partial charge is 0.108 e. The largest absolute Gasteiger partial charge is 0.396 e. The highest BCUT2D eigenvalue weighted by atomic mass is 16.3. The Balaban J connectivity index is 3.85. The van der Waals surface area contributed by atoms with Crippen molar-refractivity contribution in [2.45, 2.75) is 18.4 Å². The minimum atomic E-state index is -1.05. The van der Waals surface area contributed by atoms with E-state index in [-0.39, 0.29) is 26.1 Å². The molecule has 0 radical (unpaired) electrons. The van der Waals surface area contributed by atoms with E-state index in [4.69, 9.17) is 21.2 Å². The zero-order chi connectivity index (χ0) is 8.04. The minimum absolute atomic E-state index is 0.121. The lowest BCUT2D eigenvalue weighted by atomic mass is 9.95. The Morgan fingerprint density at radius 3 is 1.90 bits per heavy atom. The molecule has 0 fully saturated rings. The number of aliphatic hydroxyl groups is 2. The molecule has 0 rings (SSSR count). The van der Waals surface area contributed by atoms with E-state index in [1.165, 1.54) is 0 Å². The molecule has 4 nitrogen and oxygen atoms in total. The number of nitrogens with zero attached hydrogens (tertiary/aromatic N) is 1. The normalized spacial score (nSPS) is 11.0. The molecule has 0 spiro atoms. The first-order valence-electron chi connectivity index (χ1n) is 3.10. The lowest BCUT2D eigenvalue weighted by molar-refractivity contribution is 0.219. The lowest BCUT2D eigenvalue weighted by Gasteiger charge is -2.17. The second kappa shape index (κ2) is 4.23. The van der Waals surface area contributed by atoms with Gasteiger partial charge in [0, 0.05) is 26.1 Å². The SMILES string of the molecule is N#CC(N)(CCO)CCO. The predicted molar refractivity (Wildman–Crippen MR) is 35.9 cm³/mol. The molecule has 0 aromatic rings. The monoisotopic (exact) mass is 144 g/mol. The van der Waals surface area contributed by atoms with Crippen molar-refractivity contribution in [3.8, 4) is 6.07 Å². The van der Waals surface area contributed by atoms with Crippen molar-refractivity contribution in [3.63, 3.8) is 0 Å². The number of aliphatic hydroxyl groups excluding tert-OH is 2. The fourth-order valence-corrected chi connectivity index (χ4v) is 0.636. The van der Waals surface area contributed by atoms with Gasteiger partial charge in [0.25, 0.3) is 0 Å². The van der Waals surface area contributed by atoms with Crippen LogP contribution in [0, 0.1) is 11.3 Å². The van der Waals surface area contributed by atoms with Crippen LogP contribution in [0.4, 0.5) is 0 Å². The van der Waals surface area contributed by atoms with E-state index in [0.717, 1.165) is 0 Å². The standard InChI is InChI=1S/C6H12N2O2/c7-5-6(8,1-3-9)2-4-10/h9-10H,1-4,8H2. The first-order valence-corrected chi connectivity index (χ1v) is 3.10. The molecule has 0 amide bonds. The third kappa shape index (κ3) is 2.78. The Kier molecular flexibility index (Phi) is 3.96. The number of hydrogen-bond acceptors (Lipinski definition) is 4. The fraction of sp³-hybridized carbons (Fsp3) is 0.833. The summed E-state index contributed by atoms with van der Waals surface area (Å²) < 4.78 is 0. The van der Waals surface area contributed by atoms with Crippen molar-refractivity contribution in [3.05, 3.63) is 0 Å². The van der Waals surface area contributed by atoms with Gasteiger partial charge in [0.15, 0.2) is 0 Å². The van der Waals surface area contributed by atoms with Gasteiger partial charge in [-0.2, -0.15) is 5.26 Å². The summed E-state index contributed by atoms with van der Waals surface area (Å²) in [6, 6.07) is 1.84. The molecule has 0 atom stereocenters. The Morgan fingerprint density at radius 1 is 1.30 bits per heavy atom. The average Bonchev–Trinajstić information content (AvgIpc) is 1.89. The zero-order valence-electron chi connectivity index (χ0n) is 5.75. The van der Waals surface area contributed by atoms with Gasteiger partial charge in [0.1, 0.15) is 5.54 Å². The molecule has 10 heavy (non-hydrogen) atoms. The van der Waals surface area contributed by atoms with Crippen LogP contribution in [-0.2, 0) is 0 Å². The van der Waals surface area contributed by atoms with E-state index >= 15 is 0 Å². The summed E-state index contributed by atoms with van der Waals surface area (Å²) in [5, 5.41) is 25.3. The van der Waals surface area contributed by atoms with E-state index in [0.29, 0.717) is 0 Å². The molecule has 0 aliphatic carbocycles. The molecule has 0 aromatic carbocycles. The number of hydrogen-bond donors (Lipinski definition) is 3. The van der Waals surface area contributed by atoms with Crippen LogP contribution in [0.15, 0.2) is 0 Å². The second-order valence-electron chi connectivity index (χ2n) is 2.22. The van der Waals surface area contributed by atoms with Gasteiger partial charge in [-0.25, -0.2) is 0 Å². The van der Waals surface area contributed by atoms with Gasteiger partial charge in [-0.1, -0.05) is 0 Å². The summed E-state index contributed by atoms with van der Waals surface area (Å²) >= 11 is 0. The Morgan fingerprint density at radius 2 is 1.70 bits per heavy atom. The second-order valence-corrected chi connectivity index (χ2v) is 2.22. The first-order chi connectivity index (χ1) is 4.68. The van der Waals surface area contributed by atoms with Crippen molar-refractivity contribution in [1.82, 2.24) is 0 Å². The number of rotatable bonds is 4. The van der Waals surface area contributed by atoms with Gasteiger partial charge >= 0.3 is 0 Å². The zero-order valence-corrected chi connectivity index (χ0v) is 5.75. The van der Waals surface area contributed by atoms with Crippen LogP contribution in [0.25, 0.3) is 0 Å². The van der Waals surface area contributed by atoms with Crippen LogP contribution >= 0.6 is 0 Å². The summed E-state index contributed by atoms with van der Waals surface area (Å²) in [6.07, 6.45) is 0.425. The lowest BCUT2D eigenvalue weighted by Crippen LogP contribution is -2.39. The molecule has 0 unspecified atom stereocenters. The van der Waals surface area contributed by atoms with Crippen LogP contribution < -0.4 is 5.73 Å². The van der Waals surface area contributed by atoms with Crippen molar-refractivity contribution in [2.75, 3.05) is 13.2 Å².